The van der Waals surface area contributed by atoms with Crippen LogP contribution in [0.5, 0.6) is 0 Å². The minimum Gasteiger partial charge on any atom is -0.386 e. The highest BCUT2D eigenvalue weighted by Crippen LogP contribution is 2.25. The van der Waals surface area contributed by atoms with E-state index in [9.17, 15) is 5.11 Å². The van der Waals surface area contributed by atoms with Gasteiger partial charge in [-0.3, -0.25) is 4.68 Å². The Morgan fingerprint density at radius 1 is 1.41 bits per heavy atom. The molecule has 2 aromatic rings. The summed E-state index contributed by atoms with van der Waals surface area (Å²) >= 11 is 11.9. The zero-order chi connectivity index (χ0) is 12.4. The predicted octanol–water partition coefficient (Wildman–Crippen LogP) is 3.00. The molecule has 0 saturated heterocycles. The van der Waals surface area contributed by atoms with Gasteiger partial charge in [0.2, 0.25) is 0 Å². The molecule has 0 saturated carbocycles. The van der Waals surface area contributed by atoms with Crippen LogP contribution in [0.2, 0.25) is 10.0 Å². The van der Waals surface area contributed by atoms with E-state index in [4.69, 9.17) is 23.2 Å². The highest BCUT2D eigenvalue weighted by molar-refractivity contribution is 6.31. The van der Waals surface area contributed by atoms with Crippen molar-refractivity contribution in [2.45, 2.75) is 12.5 Å². The van der Waals surface area contributed by atoms with Gasteiger partial charge in [0, 0.05) is 18.5 Å². The number of nitrogens with zero attached hydrogens (tertiary/aromatic N) is 2. The van der Waals surface area contributed by atoms with Crippen molar-refractivity contribution in [1.29, 1.82) is 0 Å². The van der Waals surface area contributed by atoms with Crippen LogP contribution >= 0.6 is 23.2 Å². The summed E-state index contributed by atoms with van der Waals surface area (Å²) in [5.74, 6) is 0. The van der Waals surface area contributed by atoms with E-state index in [1.807, 2.05) is 18.2 Å². The monoisotopic (exact) mass is 270 g/mol. The molecule has 3 nitrogen and oxygen atoms in total. The number of hydrogen-bond donors (Lipinski definition) is 1. The van der Waals surface area contributed by atoms with E-state index in [1.165, 1.54) is 6.20 Å². The summed E-state index contributed by atoms with van der Waals surface area (Å²) in [6.07, 6.45) is 1.30. The Morgan fingerprint density at radius 3 is 2.76 bits per heavy atom. The van der Waals surface area contributed by atoms with Gasteiger partial charge < -0.3 is 5.11 Å². The quantitative estimate of drug-likeness (QED) is 0.931. The lowest BCUT2D eigenvalue weighted by Crippen LogP contribution is -2.08. The van der Waals surface area contributed by atoms with Crippen molar-refractivity contribution in [2.75, 3.05) is 0 Å². The standard InChI is InChI=1S/C12H12Cl2N2O/c1-16-12(10(14)7-15-16)11(17)6-8-3-2-4-9(13)5-8/h2-5,7,11,17H,6H2,1H3. The summed E-state index contributed by atoms with van der Waals surface area (Å²) in [4.78, 5) is 0. The van der Waals surface area contributed by atoms with E-state index in [-0.39, 0.29) is 0 Å². The third-order valence-electron chi connectivity index (χ3n) is 2.57. The van der Waals surface area contributed by atoms with Crippen LogP contribution in [0.25, 0.3) is 0 Å². The predicted molar refractivity (Wildman–Crippen MR) is 68.3 cm³/mol. The number of halogens is 2. The first-order valence-electron chi connectivity index (χ1n) is 5.18. The summed E-state index contributed by atoms with van der Waals surface area (Å²) in [7, 11) is 1.75. The number of aromatic nitrogens is 2. The molecule has 1 unspecified atom stereocenters. The third-order valence-corrected chi connectivity index (χ3v) is 3.10. The van der Waals surface area contributed by atoms with Gasteiger partial charge >= 0.3 is 0 Å². The second-order valence-corrected chi connectivity index (χ2v) is 4.69. The van der Waals surface area contributed by atoms with Crippen LogP contribution < -0.4 is 0 Å². The van der Waals surface area contributed by atoms with E-state index in [1.54, 1.807) is 17.8 Å². The SMILES string of the molecule is Cn1ncc(Cl)c1C(O)Cc1cccc(Cl)c1. The highest BCUT2D eigenvalue weighted by Gasteiger charge is 2.16. The Balaban J connectivity index is 2.20. The van der Waals surface area contributed by atoms with Crippen LogP contribution in [0.15, 0.2) is 30.5 Å². The number of aryl methyl sites for hydroxylation is 1. The Morgan fingerprint density at radius 2 is 2.18 bits per heavy atom. The van der Waals surface area contributed by atoms with Gasteiger partial charge in [-0.1, -0.05) is 35.3 Å². The van der Waals surface area contributed by atoms with Crippen molar-refractivity contribution < 1.29 is 5.11 Å². The summed E-state index contributed by atoms with van der Waals surface area (Å²) in [5, 5.41) is 15.3. The second kappa shape index (κ2) is 5.08. The highest BCUT2D eigenvalue weighted by atomic mass is 35.5. The third kappa shape index (κ3) is 2.80. The molecule has 2 rings (SSSR count). The van der Waals surface area contributed by atoms with Gasteiger partial charge in [-0.15, -0.1) is 0 Å². The van der Waals surface area contributed by atoms with E-state index in [0.717, 1.165) is 5.56 Å². The van der Waals surface area contributed by atoms with Crippen LogP contribution in [-0.2, 0) is 13.5 Å². The largest absolute Gasteiger partial charge is 0.386 e. The van der Waals surface area contributed by atoms with Crippen molar-refractivity contribution >= 4 is 23.2 Å². The molecular weight excluding hydrogens is 259 g/mol. The maximum atomic E-state index is 10.1. The lowest BCUT2D eigenvalue weighted by molar-refractivity contribution is 0.168. The number of rotatable bonds is 3. The number of aliphatic hydroxyl groups is 1. The molecule has 17 heavy (non-hydrogen) atoms. The van der Waals surface area contributed by atoms with E-state index in [0.29, 0.717) is 22.2 Å². The van der Waals surface area contributed by atoms with Crippen LogP contribution in [0.3, 0.4) is 0 Å². The summed E-state index contributed by atoms with van der Waals surface area (Å²) in [6, 6.07) is 7.40. The van der Waals surface area contributed by atoms with E-state index < -0.39 is 6.10 Å². The van der Waals surface area contributed by atoms with Gasteiger partial charge in [0.1, 0.15) is 6.10 Å². The van der Waals surface area contributed by atoms with Crippen LogP contribution in [0.4, 0.5) is 0 Å². The van der Waals surface area contributed by atoms with Crippen molar-refractivity contribution in [1.82, 2.24) is 9.78 Å². The van der Waals surface area contributed by atoms with Crippen molar-refractivity contribution in [3.05, 3.63) is 51.8 Å². The number of hydrogen-bond acceptors (Lipinski definition) is 2. The van der Waals surface area contributed by atoms with Crippen LogP contribution in [0, 0.1) is 0 Å². The van der Waals surface area contributed by atoms with Gasteiger partial charge in [0.15, 0.2) is 0 Å². The maximum Gasteiger partial charge on any atom is 0.101 e. The molecule has 1 aromatic carbocycles. The molecule has 0 bridgehead atoms. The van der Waals surface area contributed by atoms with E-state index in [2.05, 4.69) is 5.10 Å². The van der Waals surface area contributed by atoms with Crippen LogP contribution in [0.1, 0.15) is 17.4 Å². The van der Waals surface area contributed by atoms with E-state index >= 15 is 0 Å². The van der Waals surface area contributed by atoms with Gasteiger partial charge in [-0.25, -0.2) is 0 Å². The summed E-state index contributed by atoms with van der Waals surface area (Å²) < 4.78 is 1.58. The molecular formula is C12H12Cl2N2O. The lowest BCUT2D eigenvalue weighted by Gasteiger charge is -2.12. The topological polar surface area (TPSA) is 38.0 Å². The van der Waals surface area contributed by atoms with Gasteiger partial charge in [0.25, 0.3) is 0 Å². The zero-order valence-corrected chi connectivity index (χ0v) is 10.8. The fraction of sp³-hybridized carbons (Fsp3) is 0.250. The number of benzene rings is 1. The summed E-state index contributed by atoms with van der Waals surface area (Å²) in [6.45, 7) is 0. The second-order valence-electron chi connectivity index (χ2n) is 3.85. The average molecular weight is 271 g/mol. The molecule has 1 aromatic heterocycles. The van der Waals surface area contributed by atoms with Crippen molar-refractivity contribution in [3.63, 3.8) is 0 Å². The number of aliphatic hydroxyl groups excluding tert-OH is 1. The van der Waals surface area contributed by atoms with Crippen LogP contribution in [-0.4, -0.2) is 14.9 Å². The first kappa shape index (κ1) is 12.4. The first-order chi connectivity index (χ1) is 8.08. The molecule has 1 atom stereocenters. The molecule has 5 heteroatoms. The summed E-state index contributed by atoms with van der Waals surface area (Å²) in [5.41, 5.74) is 1.58. The molecule has 0 fully saturated rings. The molecule has 1 heterocycles. The fourth-order valence-electron chi connectivity index (χ4n) is 1.78. The van der Waals surface area contributed by atoms with Gasteiger partial charge in [0.05, 0.1) is 16.9 Å². The minimum atomic E-state index is -0.687. The Labute approximate surface area is 110 Å². The smallest absolute Gasteiger partial charge is 0.101 e. The van der Waals surface area contributed by atoms with Gasteiger partial charge in [-0.05, 0) is 17.7 Å². The van der Waals surface area contributed by atoms with Gasteiger partial charge in [-0.2, -0.15) is 5.10 Å². The molecule has 0 spiro atoms. The molecule has 1 N–H and O–H groups in total. The maximum absolute atomic E-state index is 10.1. The molecule has 90 valence electrons. The Hall–Kier alpha value is -1.03. The molecule has 0 amide bonds. The minimum absolute atomic E-state index is 0.458. The Bertz CT molecular complexity index is 505. The Kier molecular flexibility index (Phi) is 3.72. The molecule has 0 radical (unpaired) electrons. The molecule has 0 aliphatic rings. The lowest BCUT2D eigenvalue weighted by atomic mass is 10.1. The fourth-order valence-corrected chi connectivity index (χ4v) is 2.28. The molecule has 0 aliphatic heterocycles. The van der Waals surface area contributed by atoms with Crippen molar-refractivity contribution in [3.8, 4) is 0 Å². The zero-order valence-electron chi connectivity index (χ0n) is 9.27. The molecule has 0 aliphatic carbocycles. The first-order valence-corrected chi connectivity index (χ1v) is 5.93. The average Bonchev–Trinajstić information content (AvgIpc) is 2.58. The van der Waals surface area contributed by atoms with Crippen molar-refractivity contribution in [2.24, 2.45) is 7.05 Å². The normalized spacial score (nSPS) is 12.7.